The zero-order chi connectivity index (χ0) is 19.5. The predicted molar refractivity (Wildman–Crippen MR) is 116 cm³/mol. The maximum atomic E-state index is 12.7. The second-order valence-corrected chi connectivity index (χ2v) is 8.25. The highest BCUT2D eigenvalue weighted by Crippen LogP contribution is 2.40. The molecule has 0 aliphatic heterocycles. The molecule has 3 aromatic rings. The van der Waals surface area contributed by atoms with Crippen molar-refractivity contribution in [3.8, 4) is 0 Å². The van der Waals surface area contributed by atoms with Crippen LogP contribution < -0.4 is 5.32 Å². The van der Waals surface area contributed by atoms with Gasteiger partial charge in [0, 0.05) is 28.2 Å². The molecule has 28 heavy (non-hydrogen) atoms. The third kappa shape index (κ3) is 4.05. The minimum Gasteiger partial charge on any atom is -0.326 e. The van der Waals surface area contributed by atoms with Crippen LogP contribution in [0, 0.1) is 11.8 Å². The van der Waals surface area contributed by atoms with Gasteiger partial charge in [0.05, 0.1) is 5.52 Å². The molecule has 3 nitrogen and oxygen atoms in total. The lowest BCUT2D eigenvalue weighted by Gasteiger charge is -2.32. The molecule has 0 radical (unpaired) electrons. The van der Waals surface area contributed by atoms with Gasteiger partial charge < -0.3 is 5.32 Å². The summed E-state index contributed by atoms with van der Waals surface area (Å²) in [6, 6.07) is 17.8. The first-order valence-corrected chi connectivity index (χ1v) is 10.4. The highest BCUT2D eigenvalue weighted by Gasteiger charge is 2.30. The molecular formula is C24H25ClN2O. The van der Waals surface area contributed by atoms with Crippen LogP contribution in [-0.4, -0.2) is 10.9 Å². The number of nitrogens with one attached hydrogen (secondary N) is 1. The van der Waals surface area contributed by atoms with Crippen LogP contribution in [0.3, 0.4) is 0 Å². The number of carbonyl (C=O) groups excluding carboxylic acids is 1. The van der Waals surface area contributed by atoms with Gasteiger partial charge in [-0.1, -0.05) is 36.7 Å². The lowest BCUT2D eigenvalue weighted by molar-refractivity contribution is -0.121. The van der Waals surface area contributed by atoms with E-state index in [1.807, 2.05) is 24.4 Å². The van der Waals surface area contributed by atoms with Gasteiger partial charge in [0.25, 0.3) is 0 Å². The largest absolute Gasteiger partial charge is 0.326 e. The van der Waals surface area contributed by atoms with Crippen molar-refractivity contribution in [3.05, 3.63) is 71.4 Å². The third-order valence-corrected chi connectivity index (χ3v) is 6.38. The molecule has 1 atom stereocenters. The van der Waals surface area contributed by atoms with E-state index in [0.717, 1.165) is 36.9 Å². The SMILES string of the molecule is C[C@@H](C(=O)Nc1ccc(Cl)cc1)[C@H]1CC[C@@H](c2ccnc3ccccc32)CC1. The van der Waals surface area contributed by atoms with E-state index in [9.17, 15) is 4.79 Å². The van der Waals surface area contributed by atoms with Crippen molar-refractivity contribution in [3.63, 3.8) is 0 Å². The first kappa shape index (κ1) is 18.9. The number of hydrogen-bond acceptors (Lipinski definition) is 2. The Morgan fingerprint density at radius 1 is 1.04 bits per heavy atom. The molecule has 1 amide bonds. The van der Waals surface area contributed by atoms with Gasteiger partial charge in [-0.2, -0.15) is 0 Å². The smallest absolute Gasteiger partial charge is 0.227 e. The van der Waals surface area contributed by atoms with Gasteiger partial charge in [-0.05, 0) is 79.5 Å². The number of anilines is 1. The van der Waals surface area contributed by atoms with Crippen LogP contribution in [0.4, 0.5) is 5.69 Å². The number of aromatic nitrogens is 1. The molecule has 4 rings (SSSR count). The van der Waals surface area contributed by atoms with E-state index < -0.39 is 0 Å². The van der Waals surface area contributed by atoms with Crippen LogP contribution in [-0.2, 0) is 4.79 Å². The minimum atomic E-state index is 0.00538. The molecule has 1 aliphatic rings. The number of para-hydroxylation sites is 1. The molecular weight excluding hydrogens is 368 g/mol. The van der Waals surface area contributed by atoms with E-state index in [1.54, 1.807) is 12.1 Å². The number of pyridine rings is 1. The number of hydrogen-bond donors (Lipinski definition) is 1. The van der Waals surface area contributed by atoms with Crippen molar-refractivity contribution in [1.29, 1.82) is 0 Å². The second kappa shape index (κ2) is 8.32. The fourth-order valence-electron chi connectivity index (χ4n) is 4.41. The van der Waals surface area contributed by atoms with Crippen molar-refractivity contribution < 1.29 is 4.79 Å². The zero-order valence-corrected chi connectivity index (χ0v) is 16.8. The van der Waals surface area contributed by atoms with Crippen LogP contribution in [0.2, 0.25) is 5.02 Å². The molecule has 1 fully saturated rings. The molecule has 0 bridgehead atoms. The van der Waals surface area contributed by atoms with Gasteiger partial charge in [-0.3, -0.25) is 9.78 Å². The van der Waals surface area contributed by atoms with Crippen LogP contribution in [0.25, 0.3) is 10.9 Å². The number of carbonyl (C=O) groups is 1. The molecule has 1 N–H and O–H groups in total. The summed E-state index contributed by atoms with van der Waals surface area (Å²) in [7, 11) is 0. The second-order valence-electron chi connectivity index (χ2n) is 7.81. The number of nitrogens with zero attached hydrogens (tertiary/aromatic N) is 1. The average Bonchev–Trinajstić information content (AvgIpc) is 2.74. The first-order valence-electron chi connectivity index (χ1n) is 10.0. The Balaban J connectivity index is 1.39. The van der Waals surface area contributed by atoms with Crippen molar-refractivity contribution in [2.45, 2.75) is 38.5 Å². The highest BCUT2D eigenvalue weighted by atomic mass is 35.5. The molecule has 4 heteroatoms. The van der Waals surface area contributed by atoms with E-state index in [-0.39, 0.29) is 11.8 Å². The van der Waals surface area contributed by atoms with Gasteiger partial charge in [-0.15, -0.1) is 0 Å². The van der Waals surface area contributed by atoms with E-state index in [1.165, 1.54) is 10.9 Å². The number of benzene rings is 2. The molecule has 0 saturated heterocycles. The summed E-state index contributed by atoms with van der Waals surface area (Å²) in [5, 5.41) is 4.97. The van der Waals surface area contributed by atoms with Crippen molar-refractivity contribution >= 4 is 34.1 Å². The molecule has 144 valence electrons. The van der Waals surface area contributed by atoms with E-state index in [0.29, 0.717) is 16.9 Å². The van der Waals surface area contributed by atoms with E-state index in [4.69, 9.17) is 11.6 Å². The topological polar surface area (TPSA) is 42.0 Å². The number of fused-ring (bicyclic) bond motifs is 1. The molecule has 1 aliphatic carbocycles. The van der Waals surface area contributed by atoms with Gasteiger partial charge >= 0.3 is 0 Å². The molecule has 1 heterocycles. The quantitative estimate of drug-likeness (QED) is 0.555. The average molecular weight is 393 g/mol. The minimum absolute atomic E-state index is 0.00538. The van der Waals surface area contributed by atoms with Crippen LogP contribution in [0.15, 0.2) is 60.8 Å². The summed E-state index contributed by atoms with van der Waals surface area (Å²) in [6.07, 6.45) is 6.33. The predicted octanol–water partition coefficient (Wildman–Crippen LogP) is 6.44. The Morgan fingerprint density at radius 3 is 2.50 bits per heavy atom. The summed E-state index contributed by atoms with van der Waals surface area (Å²) in [5.74, 6) is 1.08. The Hall–Kier alpha value is -2.39. The maximum Gasteiger partial charge on any atom is 0.227 e. The molecule has 1 aromatic heterocycles. The van der Waals surface area contributed by atoms with Gasteiger partial charge in [0.1, 0.15) is 0 Å². The fourth-order valence-corrected chi connectivity index (χ4v) is 4.53. The monoisotopic (exact) mass is 392 g/mol. The lowest BCUT2D eigenvalue weighted by Crippen LogP contribution is -2.29. The fraction of sp³-hybridized carbons (Fsp3) is 0.333. The molecule has 2 aromatic carbocycles. The molecule has 0 unspecified atom stereocenters. The van der Waals surface area contributed by atoms with Crippen LogP contribution in [0.5, 0.6) is 0 Å². The third-order valence-electron chi connectivity index (χ3n) is 6.13. The lowest BCUT2D eigenvalue weighted by atomic mass is 9.73. The summed E-state index contributed by atoms with van der Waals surface area (Å²) >= 11 is 5.92. The normalized spacial score (nSPS) is 20.6. The summed E-state index contributed by atoms with van der Waals surface area (Å²) in [6.45, 7) is 2.05. The zero-order valence-electron chi connectivity index (χ0n) is 16.1. The first-order chi connectivity index (χ1) is 13.6. The van der Waals surface area contributed by atoms with Gasteiger partial charge in [0.2, 0.25) is 5.91 Å². The van der Waals surface area contributed by atoms with Gasteiger partial charge in [0.15, 0.2) is 0 Å². The van der Waals surface area contributed by atoms with E-state index in [2.05, 4.69) is 41.5 Å². The molecule has 1 saturated carbocycles. The summed E-state index contributed by atoms with van der Waals surface area (Å²) < 4.78 is 0. The van der Waals surface area contributed by atoms with Gasteiger partial charge in [-0.25, -0.2) is 0 Å². The number of rotatable bonds is 4. The summed E-state index contributed by atoms with van der Waals surface area (Å²) in [5.41, 5.74) is 3.28. The van der Waals surface area contributed by atoms with Crippen LogP contribution in [0.1, 0.15) is 44.1 Å². The molecule has 0 spiro atoms. The Labute approximate surface area is 171 Å². The maximum absolute atomic E-state index is 12.7. The van der Waals surface area contributed by atoms with Crippen molar-refractivity contribution in [2.24, 2.45) is 11.8 Å². The van der Waals surface area contributed by atoms with Crippen molar-refractivity contribution in [2.75, 3.05) is 5.32 Å². The number of amides is 1. The Morgan fingerprint density at radius 2 is 1.75 bits per heavy atom. The Bertz CT molecular complexity index is 957. The highest BCUT2D eigenvalue weighted by molar-refractivity contribution is 6.30. The summed E-state index contributed by atoms with van der Waals surface area (Å²) in [4.78, 5) is 17.2. The number of halogens is 1. The van der Waals surface area contributed by atoms with Crippen LogP contribution >= 0.6 is 11.6 Å². The van der Waals surface area contributed by atoms with E-state index >= 15 is 0 Å². The standard InChI is InChI=1S/C24H25ClN2O/c1-16(24(28)27-20-12-10-19(25)11-13-20)17-6-8-18(9-7-17)21-14-15-26-23-5-3-2-4-22(21)23/h2-5,10-18H,6-9H2,1H3,(H,27,28)/t16-,17-,18+/m1/s1. The Kier molecular flexibility index (Phi) is 5.63. The van der Waals surface area contributed by atoms with Crippen molar-refractivity contribution in [1.82, 2.24) is 4.98 Å².